The molecule has 11 heteroatoms. The number of aromatic nitrogens is 4. The predicted molar refractivity (Wildman–Crippen MR) is 144 cm³/mol. The summed E-state index contributed by atoms with van der Waals surface area (Å²) in [5.41, 5.74) is 0.552. The first-order valence-electron chi connectivity index (χ1n) is 13.8. The van der Waals surface area contributed by atoms with Gasteiger partial charge in [0.1, 0.15) is 24.2 Å². The highest BCUT2D eigenvalue weighted by atomic mass is 19.1. The summed E-state index contributed by atoms with van der Waals surface area (Å²) in [5.74, 6) is 0.441. The molecular formula is C28H38FN7O3. The third kappa shape index (κ3) is 7.50. The molecule has 1 aliphatic carbocycles. The smallest absolute Gasteiger partial charge is 0.247 e. The number of rotatable bonds is 12. The summed E-state index contributed by atoms with van der Waals surface area (Å²) in [4.78, 5) is 32.6. The normalized spacial score (nSPS) is 14.9. The maximum atomic E-state index is 13.8. The van der Waals surface area contributed by atoms with E-state index in [0.717, 1.165) is 45.2 Å². The largest absolute Gasteiger partial charge is 0.458 e. The van der Waals surface area contributed by atoms with Crippen molar-refractivity contribution in [1.82, 2.24) is 35.3 Å². The highest BCUT2D eigenvalue weighted by Crippen LogP contribution is 2.25. The average molecular weight is 540 g/mol. The van der Waals surface area contributed by atoms with E-state index in [-0.39, 0.29) is 30.2 Å². The van der Waals surface area contributed by atoms with Crippen LogP contribution in [0.2, 0.25) is 0 Å². The first-order chi connectivity index (χ1) is 18.9. The molecule has 1 aromatic carbocycles. The SMILES string of the molecule is CCN(CC)CCN(C(=O)Cn1nnc(-c2ccc(C)o2)n1)[C@H](C(=O)NC1CCCCC1)c1ccc(F)cc1. The molecule has 0 spiro atoms. The molecule has 1 atom stereocenters. The van der Waals surface area contributed by atoms with Crippen molar-refractivity contribution in [1.29, 1.82) is 0 Å². The number of carbonyl (C=O) groups excluding carboxylic acids is 2. The molecule has 4 rings (SSSR count). The maximum Gasteiger partial charge on any atom is 0.247 e. The van der Waals surface area contributed by atoms with Gasteiger partial charge in [-0.1, -0.05) is 45.2 Å². The quantitative estimate of drug-likeness (QED) is 0.373. The molecule has 1 N–H and O–H groups in total. The highest BCUT2D eigenvalue weighted by molar-refractivity contribution is 5.89. The minimum absolute atomic E-state index is 0.0604. The van der Waals surface area contributed by atoms with Gasteiger partial charge in [-0.25, -0.2) is 4.39 Å². The Morgan fingerprint density at radius 2 is 1.79 bits per heavy atom. The van der Waals surface area contributed by atoms with Crippen molar-refractivity contribution in [3.05, 3.63) is 53.5 Å². The first-order valence-corrected chi connectivity index (χ1v) is 13.8. The van der Waals surface area contributed by atoms with Crippen LogP contribution in [0.3, 0.4) is 0 Å². The van der Waals surface area contributed by atoms with Crippen LogP contribution in [-0.2, 0) is 16.1 Å². The van der Waals surface area contributed by atoms with E-state index in [4.69, 9.17) is 4.42 Å². The highest BCUT2D eigenvalue weighted by Gasteiger charge is 2.33. The van der Waals surface area contributed by atoms with Gasteiger partial charge in [-0.15, -0.1) is 10.2 Å². The summed E-state index contributed by atoms with van der Waals surface area (Å²) in [5, 5.41) is 15.6. The van der Waals surface area contributed by atoms with Crippen molar-refractivity contribution < 1.29 is 18.4 Å². The number of benzene rings is 1. The number of likely N-dealkylation sites (N-methyl/N-ethyl adjacent to an activating group) is 1. The van der Waals surface area contributed by atoms with Gasteiger partial charge in [-0.05, 0) is 67.9 Å². The second-order valence-electron chi connectivity index (χ2n) is 9.97. The molecular weight excluding hydrogens is 501 g/mol. The number of nitrogens with one attached hydrogen (secondary N) is 1. The number of carbonyl (C=O) groups is 2. The molecule has 2 amide bonds. The standard InChI is InChI=1S/C28H38FN7O3/c1-4-34(5-2)17-18-35(25(37)19-36-32-27(31-33-36)24-16-11-20(3)39-24)26(21-12-14-22(29)15-13-21)28(38)30-23-9-7-6-8-10-23/h11-16,23,26H,4-10,17-19H2,1-3H3,(H,30,38)/t26-/m0/s1. The summed E-state index contributed by atoms with van der Waals surface area (Å²) < 4.78 is 19.4. The molecule has 210 valence electrons. The predicted octanol–water partition coefficient (Wildman–Crippen LogP) is 3.74. The molecule has 2 heterocycles. The Morgan fingerprint density at radius 1 is 1.08 bits per heavy atom. The van der Waals surface area contributed by atoms with E-state index >= 15 is 0 Å². The Balaban J connectivity index is 1.62. The lowest BCUT2D eigenvalue weighted by atomic mass is 9.94. The number of nitrogens with zero attached hydrogens (tertiary/aromatic N) is 6. The van der Waals surface area contributed by atoms with Crippen LogP contribution in [0, 0.1) is 12.7 Å². The third-order valence-corrected chi connectivity index (χ3v) is 7.26. The monoisotopic (exact) mass is 539 g/mol. The van der Waals surface area contributed by atoms with E-state index in [1.807, 2.05) is 6.92 Å². The fourth-order valence-electron chi connectivity index (χ4n) is 5.01. The van der Waals surface area contributed by atoms with Crippen LogP contribution in [0.25, 0.3) is 11.6 Å². The summed E-state index contributed by atoms with van der Waals surface area (Å²) in [6.07, 6.45) is 5.10. The van der Waals surface area contributed by atoms with E-state index < -0.39 is 11.9 Å². The van der Waals surface area contributed by atoms with E-state index in [2.05, 4.69) is 39.5 Å². The molecule has 2 aromatic heterocycles. The Bertz CT molecular complexity index is 1220. The zero-order chi connectivity index (χ0) is 27.8. The Morgan fingerprint density at radius 3 is 2.44 bits per heavy atom. The van der Waals surface area contributed by atoms with Crippen molar-refractivity contribution in [3.8, 4) is 11.6 Å². The lowest BCUT2D eigenvalue weighted by Crippen LogP contribution is -2.50. The molecule has 39 heavy (non-hydrogen) atoms. The molecule has 0 bridgehead atoms. The number of aryl methyl sites for hydroxylation is 1. The molecule has 1 saturated carbocycles. The van der Waals surface area contributed by atoms with Gasteiger partial charge in [0.25, 0.3) is 0 Å². The van der Waals surface area contributed by atoms with Gasteiger partial charge in [0, 0.05) is 19.1 Å². The van der Waals surface area contributed by atoms with Crippen LogP contribution >= 0.6 is 0 Å². The molecule has 1 aliphatic rings. The second kappa shape index (κ2) is 13.5. The Hall–Kier alpha value is -3.60. The zero-order valence-corrected chi connectivity index (χ0v) is 23.0. The number of hydrogen-bond acceptors (Lipinski definition) is 7. The van der Waals surface area contributed by atoms with Gasteiger partial charge in [-0.2, -0.15) is 4.80 Å². The van der Waals surface area contributed by atoms with Gasteiger partial charge >= 0.3 is 0 Å². The van der Waals surface area contributed by atoms with E-state index in [1.54, 1.807) is 29.2 Å². The summed E-state index contributed by atoms with van der Waals surface area (Å²) in [6.45, 7) is 8.22. The molecule has 3 aromatic rings. The van der Waals surface area contributed by atoms with Crippen LogP contribution < -0.4 is 5.32 Å². The van der Waals surface area contributed by atoms with Gasteiger partial charge < -0.3 is 19.5 Å². The van der Waals surface area contributed by atoms with E-state index in [9.17, 15) is 14.0 Å². The number of halogens is 1. The molecule has 1 fully saturated rings. The van der Waals surface area contributed by atoms with E-state index in [1.165, 1.54) is 16.9 Å². The van der Waals surface area contributed by atoms with Crippen molar-refractivity contribution >= 4 is 11.8 Å². The minimum Gasteiger partial charge on any atom is -0.458 e. The lowest BCUT2D eigenvalue weighted by molar-refractivity contribution is -0.142. The molecule has 0 aliphatic heterocycles. The number of hydrogen-bond donors (Lipinski definition) is 1. The first kappa shape index (κ1) is 28.4. The van der Waals surface area contributed by atoms with Crippen molar-refractivity contribution in [2.75, 3.05) is 26.2 Å². The maximum absolute atomic E-state index is 13.8. The number of furan rings is 1. The van der Waals surface area contributed by atoms with Crippen molar-refractivity contribution in [3.63, 3.8) is 0 Å². The summed E-state index contributed by atoms with van der Waals surface area (Å²) in [7, 11) is 0. The average Bonchev–Trinajstić information content (AvgIpc) is 3.58. The van der Waals surface area contributed by atoms with Crippen LogP contribution in [0.15, 0.2) is 40.8 Å². The van der Waals surface area contributed by atoms with Crippen molar-refractivity contribution in [2.24, 2.45) is 0 Å². The fraction of sp³-hybridized carbons (Fsp3) is 0.536. The van der Waals surface area contributed by atoms with Gasteiger partial charge in [0.2, 0.25) is 17.6 Å². The Kier molecular flexibility index (Phi) is 9.80. The zero-order valence-electron chi connectivity index (χ0n) is 23.0. The summed E-state index contributed by atoms with van der Waals surface area (Å²) in [6, 6.07) is 8.46. The van der Waals surface area contributed by atoms with Crippen LogP contribution in [0.5, 0.6) is 0 Å². The molecule has 0 saturated heterocycles. The Labute approximate surface area is 228 Å². The number of amides is 2. The van der Waals surface area contributed by atoms with Crippen LogP contribution in [0.1, 0.15) is 63.3 Å². The fourth-order valence-corrected chi connectivity index (χ4v) is 5.01. The van der Waals surface area contributed by atoms with Crippen LogP contribution in [0.4, 0.5) is 4.39 Å². The van der Waals surface area contributed by atoms with Gasteiger partial charge in [0.15, 0.2) is 5.76 Å². The molecule has 0 unspecified atom stereocenters. The van der Waals surface area contributed by atoms with Gasteiger partial charge in [-0.3, -0.25) is 9.59 Å². The third-order valence-electron chi connectivity index (χ3n) is 7.26. The number of tetrazole rings is 1. The minimum atomic E-state index is -0.925. The summed E-state index contributed by atoms with van der Waals surface area (Å²) >= 11 is 0. The molecule has 10 nitrogen and oxygen atoms in total. The lowest BCUT2D eigenvalue weighted by Gasteiger charge is -2.34. The van der Waals surface area contributed by atoms with E-state index in [0.29, 0.717) is 30.2 Å². The van der Waals surface area contributed by atoms with Crippen molar-refractivity contribution in [2.45, 2.75) is 71.5 Å². The van der Waals surface area contributed by atoms with Crippen LogP contribution in [-0.4, -0.2) is 74.0 Å². The van der Waals surface area contributed by atoms with Gasteiger partial charge in [0.05, 0.1) is 0 Å². The second-order valence-corrected chi connectivity index (χ2v) is 9.97. The topological polar surface area (TPSA) is 109 Å². The molecule has 0 radical (unpaired) electrons.